The molecular weight excluding hydrogens is 901 g/mol. The van der Waals surface area contributed by atoms with Crippen LogP contribution >= 0.6 is 0 Å². The zero-order valence-corrected chi connectivity index (χ0v) is 49.4. The highest BCUT2D eigenvalue weighted by molar-refractivity contribution is 5.71. The lowest BCUT2D eigenvalue weighted by Crippen LogP contribution is -2.30. The van der Waals surface area contributed by atoms with Crippen molar-refractivity contribution >= 4 is 17.9 Å². The van der Waals surface area contributed by atoms with Crippen LogP contribution in [0.2, 0.25) is 0 Å². The van der Waals surface area contributed by atoms with Crippen LogP contribution in [0.25, 0.3) is 0 Å². The summed E-state index contributed by atoms with van der Waals surface area (Å²) in [4.78, 5) is 38.3. The highest BCUT2D eigenvalue weighted by Gasteiger charge is 2.19. The van der Waals surface area contributed by atoms with Crippen molar-refractivity contribution in [3.8, 4) is 0 Å². The van der Waals surface area contributed by atoms with Crippen LogP contribution < -0.4 is 0 Å². The molecule has 0 heterocycles. The first-order valence-corrected chi connectivity index (χ1v) is 32.8. The molecule has 0 fully saturated rings. The van der Waals surface area contributed by atoms with Gasteiger partial charge in [-0.1, -0.05) is 328 Å². The van der Waals surface area contributed by atoms with E-state index in [1.54, 1.807) is 0 Å². The smallest absolute Gasteiger partial charge is 0.306 e. The average molecular weight is 1030 g/mol. The summed E-state index contributed by atoms with van der Waals surface area (Å²) in [7, 11) is 0. The molecule has 6 heteroatoms. The number of esters is 3. The molecule has 0 spiro atoms. The predicted molar refractivity (Wildman–Crippen MR) is 316 cm³/mol. The Labute approximate surface area is 455 Å². The number of carbonyl (C=O) groups excluding carboxylic acids is 3. The van der Waals surface area contributed by atoms with Gasteiger partial charge in [-0.3, -0.25) is 14.4 Å². The lowest BCUT2D eigenvalue weighted by Gasteiger charge is -2.18. The summed E-state index contributed by atoms with van der Waals surface area (Å²) < 4.78 is 16.9. The number of hydrogen-bond acceptors (Lipinski definition) is 6. The third-order valence-corrected chi connectivity index (χ3v) is 14.9. The maximum Gasteiger partial charge on any atom is 0.306 e. The van der Waals surface area contributed by atoms with Crippen molar-refractivity contribution in [3.05, 3.63) is 24.3 Å². The highest BCUT2D eigenvalue weighted by Crippen LogP contribution is 2.18. The molecule has 0 aromatic carbocycles. The number of hydrogen-bond donors (Lipinski definition) is 0. The number of unbranched alkanes of at least 4 members (excludes halogenated alkanes) is 46. The molecule has 1 atom stereocenters. The van der Waals surface area contributed by atoms with Crippen LogP contribution in [0.1, 0.15) is 367 Å². The van der Waals surface area contributed by atoms with Gasteiger partial charge in [0.2, 0.25) is 0 Å². The quantitative estimate of drug-likeness (QED) is 0.0261. The van der Waals surface area contributed by atoms with Gasteiger partial charge < -0.3 is 14.2 Å². The van der Waals surface area contributed by atoms with Gasteiger partial charge in [0.15, 0.2) is 6.10 Å². The molecule has 0 saturated carbocycles. The fourth-order valence-corrected chi connectivity index (χ4v) is 10.0. The van der Waals surface area contributed by atoms with E-state index in [-0.39, 0.29) is 31.1 Å². The molecule has 0 saturated heterocycles. The summed E-state index contributed by atoms with van der Waals surface area (Å²) in [5.41, 5.74) is 0. The van der Waals surface area contributed by atoms with Crippen LogP contribution in [0.15, 0.2) is 24.3 Å². The Balaban J connectivity index is 4.24. The van der Waals surface area contributed by atoms with E-state index in [9.17, 15) is 14.4 Å². The summed E-state index contributed by atoms with van der Waals surface area (Å²) >= 11 is 0. The normalized spacial score (nSPS) is 12.1. The lowest BCUT2D eigenvalue weighted by molar-refractivity contribution is -0.167. The second kappa shape index (κ2) is 62.4. The third kappa shape index (κ3) is 60.6. The number of allylic oxidation sites excluding steroid dienone is 4. The largest absolute Gasteiger partial charge is 0.462 e. The molecule has 73 heavy (non-hydrogen) atoms. The van der Waals surface area contributed by atoms with E-state index >= 15 is 0 Å². The molecule has 0 rings (SSSR count). The van der Waals surface area contributed by atoms with Gasteiger partial charge in [0.25, 0.3) is 0 Å². The predicted octanol–water partition coefficient (Wildman–Crippen LogP) is 22.2. The van der Waals surface area contributed by atoms with Gasteiger partial charge in [-0.15, -0.1) is 0 Å². The molecule has 0 aliphatic heterocycles. The van der Waals surface area contributed by atoms with Gasteiger partial charge in [0.05, 0.1) is 0 Å². The maximum atomic E-state index is 12.9. The molecule has 0 aromatic rings. The zero-order valence-electron chi connectivity index (χ0n) is 49.4. The minimum atomic E-state index is -0.773. The van der Waals surface area contributed by atoms with Crippen molar-refractivity contribution in [3.63, 3.8) is 0 Å². The Hall–Kier alpha value is -2.11. The van der Waals surface area contributed by atoms with Gasteiger partial charge in [-0.05, 0) is 44.9 Å². The summed E-state index contributed by atoms with van der Waals surface area (Å²) in [6.07, 6.45) is 74.8. The highest BCUT2D eigenvalue weighted by atomic mass is 16.6. The summed E-state index contributed by atoms with van der Waals surface area (Å²) in [6, 6.07) is 0. The molecule has 6 nitrogen and oxygen atoms in total. The lowest BCUT2D eigenvalue weighted by atomic mass is 10.0. The first-order valence-electron chi connectivity index (χ1n) is 32.8. The topological polar surface area (TPSA) is 78.9 Å². The van der Waals surface area contributed by atoms with Gasteiger partial charge in [0.1, 0.15) is 13.2 Å². The van der Waals surface area contributed by atoms with E-state index in [1.165, 1.54) is 244 Å². The second-order valence-electron chi connectivity index (χ2n) is 22.4. The van der Waals surface area contributed by atoms with Gasteiger partial charge in [0, 0.05) is 19.3 Å². The van der Waals surface area contributed by atoms with E-state index in [0.717, 1.165) is 83.5 Å². The van der Waals surface area contributed by atoms with Crippen LogP contribution in [-0.4, -0.2) is 37.2 Å². The standard InChI is InChI=1S/C67H126O6/c1-4-7-10-13-16-19-22-25-27-29-31-32-33-34-36-37-39-42-45-48-51-54-57-60-66(69)72-63-64(62-71-65(68)59-56-53-50-47-44-41-24-21-18-15-12-9-6-3)73-67(70)61-58-55-52-49-46-43-40-38-35-30-28-26-23-20-17-14-11-8-5-2/h12,15,21,24,64H,4-11,13-14,16-20,22-23,25-63H2,1-3H3/b15-12-,24-21-. The van der Waals surface area contributed by atoms with Crippen molar-refractivity contribution in [2.75, 3.05) is 13.2 Å². The third-order valence-electron chi connectivity index (χ3n) is 14.9. The fourth-order valence-electron chi connectivity index (χ4n) is 10.0. The first kappa shape index (κ1) is 70.9. The molecule has 430 valence electrons. The molecule has 0 amide bonds. The molecule has 0 bridgehead atoms. The number of carbonyl (C=O) groups is 3. The summed E-state index contributed by atoms with van der Waals surface area (Å²) in [5, 5.41) is 0. The molecular formula is C67H126O6. The molecule has 0 N–H and O–H groups in total. The van der Waals surface area contributed by atoms with Crippen molar-refractivity contribution in [1.29, 1.82) is 0 Å². The molecule has 0 aromatic heterocycles. The maximum absolute atomic E-state index is 12.9. The zero-order chi connectivity index (χ0) is 52.9. The first-order chi connectivity index (χ1) is 36.0. The van der Waals surface area contributed by atoms with Crippen LogP contribution in [0.3, 0.4) is 0 Å². The van der Waals surface area contributed by atoms with Gasteiger partial charge in [-0.25, -0.2) is 0 Å². The van der Waals surface area contributed by atoms with Crippen molar-refractivity contribution in [2.24, 2.45) is 0 Å². The van der Waals surface area contributed by atoms with Gasteiger partial charge >= 0.3 is 17.9 Å². The molecule has 0 aliphatic carbocycles. The van der Waals surface area contributed by atoms with Crippen LogP contribution in [0.4, 0.5) is 0 Å². The second-order valence-corrected chi connectivity index (χ2v) is 22.4. The monoisotopic (exact) mass is 1030 g/mol. The SMILES string of the molecule is CCC/C=C\C/C=C\CCCCCCCC(=O)OCC(COC(=O)CCCCCCCCCCCCCCCCCCCCCCCCC)OC(=O)CCCCCCCCCCCCCCCCCCCCC. The minimum absolute atomic E-state index is 0.0696. The number of ether oxygens (including phenoxy) is 3. The molecule has 1 unspecified atom stereocenters. The minimum Gasteiger partial charge on any atom is -0.462 e. The average Bonchev–Trinajstić information content (AvgIpc) is 3.39. The van der Waals surface area contributed by atoms with Gasteiger partial charge in [-0.2, -0.15) is 0 Å². The van der Waals surface area contributed by atoms with E-state index < -0.39 is 6.10 Å². The van der Waals surface area contributed by atoms with Crippen LogP contribution in [-0.2, 0) is 28.6 Å². The Morgan fingerprint density at radius 1 is 0.274 bits per heavy atom. The molecule has 0 radical (unpaired) electrons. The van der Waals surface area contributed by atoms with E-state index in [0.29, 0.717) is 19.3 Å². The number of rotatable bonds is 61. The fraction of sp³-hybridized carbons (Fsp3) is 0.896. The van der Waals surface area contributed by atoms with E-state index in [2.05, 4.69) is 45.1 Å². The summed E-state index contributed by atoms with van der Waals surface area (Å²) in [6.45, 7) is 6.64. The Bertz CT molecular complexity index is 1180. The summed E-state index contributed by atoms with van der Waals surface area (Å²) in [5.74, 6) is -0.856. The van der Waals surface area contributed by atoms with Crippen molar-refractivity contribution in [1.82, 2.24) is 0 Å². The van der Waals surface area contributed by atoms with Crippen LogP contribution in [0.5, 0.6) is 0 Å². The Morgan fingerprint density at radius 3 is 0.808 bits per heavy atom. The van der Waals surface area contributed by atoms with Crippen molar-refractivity contribution in [2.45, 2.75) is 374 Å². The van der Waals surface area contributed by atoms with Crippen LogP contribution in [0, 0.1) is 0 Å². The van der Waals surface area contributed by atoms with E-state index in [1.807, 2.05) is 0 Å². The Morgan fingerprint density at radius 2 is 0.521 bits per heavy atom. The Kier molecular flexibility index (Phi) is 60.6. The molecule has 0 aliphatic rings. The van der Waals surface area contributed by atoms with Crippen molar-refractivity contribution < 1.29 is 28.6 Å². The van der Waals surface area contributed by atoms with E-state index in [4.69, 9.17) is 14.2 Å².